The van der Waals surface area contributed by atoms with Crippen molar-refractivity contribution in [3.63, 3.8) is 0 Å². The number of piperazine rings is 1. The van der Waals surface area contributed by atoms with E-state index in [1.54, 1.807) is 0 Å². The molecular weight excluding hydrogens is 354 g/mol. The highest BCUT2D eigenvalue weighted by atomic mass is 16.5. The SMILES string of the molecule is CCNc1cc(N2CCN(C(=O)C3CCc4ccccc4O3)CC2)nc(C)n1. The van der Waals surface area contributed by atoms with Crippen LogP contribution in [0.25, 0.3) is 0 Å². The van der Waals surface area contributed by atoms with Crippen molar-refractivity contribution in [1.29, 1.82) is 0 Å². The lowest BCUT2D eigenvalue weighted by atomic mass is 10.0. The van der Waals surface area contributed by atoms with Crippen LogP contribution in [0.3, 0.4) is 0 Å². The minimum Gasteiger partial charge on any atom is -0.480 e. The first-order valence-electron chi connectivity index (χ1n) is 10.0. The Kier molecular flexibility index (Phi) is 5.32. The zero-order valence-electron chi connectivity index (χ0n) is 16.5. The van der Waals surface area contributed by atoms with E-state index >= 15 is 0 Å². The smallest absolute Gasteiger partial charge is 0.263 e. The van der Waals surface area contributed by atoms with E-state index in [4.69, 9.17) is 4.74 Å². The van der Waals surface area contributed by atoms with Gasteiger partial charge in [0.05, 0.1) is 0 Å². The summed E-state index contributed by atoms with van der Waals surface area (Å²) in [4.78, 5) is 26.1. The van der Waals surface area contributed by atoms with Crippen LogP contribution in [0.1, 0.15) is 24.7 Å². The van der Waals surface area contributed by atoms with Gasteiger partial charge >= 0.3 is 0 Å². The predicted molar refractivity (Wildman–Crippen MR) is 109 cm³/mol. The monoisotopic (exact) mass is 381 g/mol. The number of fused-ring (bicyclic) bond motifs is 1. The van der Waals surface area contributed by atoms with Gasteiger partial charge in [0.2, 0.25) is 0 Å². The Balaban J connectivity index is 1.37. The number of amides is 1. The molecule has 1 atom stereocenters. The molecule has 7 nitrogen and oxygen atoms in total. The molecular formula is C21H27N5O2. The zero-order chi connectivity index (χ0) is 19.5. The van der Waals surface area contributed by atoms with E-state index in [-0.39, 0.29) is 12.0 Å². The van der Waals surface area contributed by atoms with Gasteiger partial charge < -0.3 is 19.9 Å². The molecule has 1 N–H and O–H groups in total. The molecule has 1 unspecified atom stereocenters. The highest BCUT2D eigenvalue weighted by molar-refractivity contribution is 5.82. The maximum absolute atomic E-state index is 12.9. The Labute approximate surface area is 165 Å². The van der Waals surface area contributed by atoms with E-state index < -0.39 is 0 Å². The van der Waals surface area contributed by atoms with Crippen molar-refractivity contribution >= 4 is 17.5 Å². The van der Waals surface area contributed by atoms with Crippen molar-refractivity contribution in [2.75, 3.05) is 42.9 Å². The van der Waals surface area contributed by atoms with Gasteiger partial charge in [0.25, 0.3) is 5.91 Å². The summed E-state index contributed by atoms with van der Waals surface area (Å²) in [5.74, 6) is 3.46. The highest BCUT2D eigenvalue weighted by Crippen LogP contribution is 2.28. The molecule has 1 aromatic carbocycles. The number of benzene rings is 1. The van der Waals surface area contributed by atoms with E-state index in [0.29, 0.717) is 13.1 Å². The average molecular weight is 381 g/mol. The molecule has 1 fully saturated rings. The van der Waals surface area contributed by atoms with E-state index in [1.807, 2.05) is 43.0 Å². The van der Waals surface area contributed by atoms with Crippen molar-refractivity contribution in [2.45, 2.75) is 32.8 Å². The van der Waals surface area contributed by atoms with Crippen molar-refractivity contribution in [1.82, 2.24) is 14.9 Å². The van der Waals surface area contributed by atoms with E-state index in [9.17, 15) is 4.79 Å². The van der Waals surface area contributed by atoms with Crippen LogP contribution in [0.4, 0.5) is 11.6 Å². The Morgan fingerprint density at radius 3 is 2.79 bits per heavy atom. The van der Waals surface area contributed by atoms with Crippen LogP contribution in [0.5, 0.6) is 5.75 Å². The molecule has 0 bridgehead atoms. The fourth-order valence-corrected chi connectivity index (χ4v) is 3.84. The normalized spacial score (nSPS) is 19.0. The molecule has 148 valence electrons. The summed E-state index contributed by atoms with van der Waals surface area (Å²) in [5, 5.41) is 3.25. The van der Waals surface area contributed by atoms with Crippen LogP contribution >= 0.6 is 0 Å². The van der Waals surface area contributed by atoms with Gasteiger partial charge in [0, 0.05) is 38.8 Å². The summed E-state index contributed by atoms with van der Waals surface area (Å²) in [7, 11) is 0. The fraction of sp³-hybridized carbons (Fsp3) is 0.476. The summed E-state index contributed by atoms with van der Waals surface area (Å²) in [6.07, 6.45) is 1.26. The van der Waals surface area contributed by atoms with Crippen molar-refractivity contribution < 1.29 is 9.53 Å². The number of aryl methyl sites for hydroxylation is 2. The molecule has 2 aliphatic heterocycles. The first kappa shape index (κ1) is 18.5. The molecule has 1 amide bonds. The molecule has 0 saturated carbocycles. The number of anilines is 2. The Bertz CT molecular complexity index is 848. The van der Waals surface area contributed by atoms with E-state index in [2.05, 4.69) is 26.3 Å². The predicted octanol–water partition coefficient (Wildman–Crippen LogP) is 2.26. The quantitative estimate of drug-likeness (QED) is 0.876. The second-order valence-electron chi connectivity index (χ2n) is 7.25. The summed E-state index contributed by atoms with van der Waals surface area (Å²) in [6.45, 7) is 7.66. The van der Waals surface area contributed by atoms with Gasteiger partial charge in [-0.3, -0.25) is 4.79 Å². The Morgan fingerprint density at radius 2 is 2.00 bits per heavy atom. The third-order valence-corrected chi connectivity index (χ3v) is 5.29. The summed E-state index contributed by atoms with van der Waals surface area (Å²) in [6, 6.07) is 9.97. The van der Waals surface area contributed by atoms with Crippen molar-refractivity contribution in [3.05, 3.63) is 41.7 Å². The molecule has 2 aliphatic rings. The number of nitrogens with one attached hydrogen (secondary N) is 1. The summed E-state index contributed by atoms with van der Waals surface area (Å²) >= 11 is 0. The summed E-state index contributed by atoms with van der Waals surface area (Å²) in [5.41, 5.74) is 1.19. The van der Waals surface area contributed by atoms with E-state index in [0.717, 1.165) is 55.7 Å². The second-order valence-corrected chi connectivity index (χ2v) is 7.25. The highest BCUT2D eigenvalue weighted by Gasteiger charge is 2.31. The van der Waals surface area contributed by atoms with Crippen LogP contribution in [0, 0.1) is 6.92 Å². The van der Waals surface area contributed by atoms with Crippen LogP contribution < -0.4 is 15.0 Å². The first-order chi connectivity index (χ1) is 13.6. The van der Waals surface area contributed by atoms with Crippen molar-refractivity contribution in [2.24, 2.45) is 0 Å². The number of carbonyl (C=O) groups is 1. The molecule has 4 rings (SSSR count). The maximum Gasteiger partial charge on any atom is 0.263 e. The van der Waals surface area contributed by atoms with Gasteiger partial charge in [0.1, 0.15) is 23.2 Å². The van der Waals surface area contributed by atoms with Gasteiger partial charge in [0.15, 0.2) is 6.10 Å². The maximum atomic E-state index is 12.9. The number of aromatic nitrogens is 2. The van der Waals surface area contributed by atoms with Gasteiger partial charge in [-0.15, -0.1) is 0 Å². The topological polar surface area (TPSA) is 70.6 Å². The van der Waals surface area contributed by atoms with Crippen LogP contribution in [0.15, 0.2) is 30.3 Å². The number of rotatable bonds is 4. The summed E-state index contributed by atoms with van der Waals surface area (Å²) < 4.78 is 5.98. The zero-order valence-corrected chi connectivity index (χ0v) is 16.5. The Hall–Kier alpha value is -2.83. The molecule has 3 heterocycles. The van der Waals surface area contributed by atoms with Crippen LogP contribution in [-0.4, -0.2) is 59.6 Å². The van der Waals surface area contributed by atoms with Crippen LogP contribution in [-0.2, 0) is 11.2 Å². The number of hydrogen-bond acceptors (Lipinski definition) is 6. The molecule has 0 radical (unpaired) electrons. The molecule has 0 spiro atoms. The first-order valence-corrected chi connectivity index (χ1v) is 10.0. The number of hydrogen-bond donors (Lipinski definition) is 1. The minimum atomic E-state index is -0.372. The van der Waals surface area contributed by atoms with Gasteiger partial charge in [-0.1, -0.05) is 18.2 Å². The molecule has 28 heavy (non-hydrogen) atoms. The van der Waals surface area contributed by atoms with Gasteiger partial charge in [-0.05, 0) is 38.3 Å². The van der Waals surface area contributed by atoms with Crippen LogP contribution in [0.2, 0.25) is 0 Å². The number of para-hydroxylation sites is 1. The lowest BCUT2D eigenvalue weighted by Gasteiger charge is -2.37. The number of carbonyl (C=O) groups excluding carboxylic acids is 1. The van der Waals surface area contributed by atoms with Gasteiger partial charge in [-0.25, -0.2) is 9.97 Å². The lowest BCUT2D eigenvalue weighted by Crippen LogP contribution is -2.53. The molecule has 7 heteroatoms. The molecule has 1 saturated heterocycles. The second kappa shape index (κ2) is 8.04. The van der Waals surface area contributed by atoms with Crippen molar-refractivity contribution in [3.8, 4) is 5.75 Å². The van der Waals surface area contributed by atoms with Gasteiger partial charge in [-0.2, -0.15) is 0 Å². The fourth-order valence-electron chi connectivity index (χ4n) is 3.84. The Morgan fingerprint density at radius 1 is 1.21 bits per heavy atom. The molecule has 0 aliphatic carbocycles. The average Bonchev–Trinajstić information content (AvgIpc) is 2.73. The molecule has 2 aromatic rings. The lowest BCUT2D eigenvalue weighted by molar-refractivity contribution is -0.139. The minimum absolute atomic E-state index is 0.0985. The number of ether oxygens (including phenoxy) is 1. The third-order valence-electron chi connectivity index (χ3n) is 5.29. The number of nitrogens with zero attached hydrogens (tertiary/aromatic N) is 4. The third kappa shape index (κ3) is 3.88. The molecule has 1 aromatic heterocycles. The largest absolute Gasteiger partial charge is 0.480 e. The van der Waals surface area contributed by atoms with E-state index in [1.165, 1.54) is 5.56 Å². The standard InChI is InChI=1S/C21H27N5O2/c1-3-22-19-14-20(24-15(2)23-19)25-10-12-26(13-11-25)21(27)18-9-8-16-6-4-5-7-17(16)28-18/h4-7,14,18H,3,8-13H2,1-2H3,(H,22,23,24).